The number of hydrogen-bond donors (Lipinski definition) is 0. The third-order valence-corrected chi connectivity index (χ3v) is 1.34. The van der Waals surface area contributed by atoms with Crippen LogP contribution in [0.5, 0.6) is 0 Å². The minimum Gasteiger partial charge on any atom is -0.0991 e. The summed E-state index contributed by atoms with van der Waals surface area (Å²) in [5.74, 6) is 0.592. The standard InChI is InChI=1S/C10H16/c1-5-7-10(8-6-2)9(3)4/h5-9H,1H2,2-4H3/b8-6?,10-7+. The lowest BCUT2D eigenvalue weighted by atomic mass is 10.0. The Balaban J connectivity index is 4.25. The first kappa shape index (κ1) is 9.22. The van der Waals surface area contributed by atoms with E-state index in [2.05, 4.69) is 32.6 Å². The van der Waals surface area contributed by atoms with Crippen LogP contribution in [0.2, 0.25) is 0 Å². The predicted molar refractivity (Wildman–Crippen MR) is 47.9 cm³/mol. The second-order valence-corrected chi connectivity index (χ2v) is 2.56. The molecule has 0 aromatic rings. The average Bonchev–Trinajstić information content (AvgIpc) is 1.87. The van der Waals surface area contributed by atoms with Crippen molar-refractivity contribution >= 4 is 0 Å². The molecule has 0 heterocycles. The third kappa shape index (κ3) is 3.29. The van der Waals surface area contributed by atoms with Crippen molar-refractivity contribution in [1.82, 2.24) is 0 Å². The molecule has 0 aliphatic rings. The van der Waals surface area contributed by atoms with Crippen LogP contribution >= 0.6 is 0 Å². The van der Waals surface area contributed by atoms with E-state index in [0.717, 1.165) is 0 Å². The van der Waals surface area contributed by atoms with Crippen LogP contribution in [0.4, 0.5) is 0 Å². The van der Waals surface area contributed by atoms with Crippen LogP contribution in [-0.2, 0) is 0 Å². The van der Waals surface area contributed by atoms with E-state index in [0.29, 0.717) is 5.92 Å². The molecular weight excluding hydrogens is 120 g/mol. The summed E-state index contributed by atoms with van der Waals surface area (Å²) < 4.78 is 0. The van der Waals surface area contributed by atoms with Crippen molar-refractivity contribution in [2.24, 2.45) is 5.92 Å². The van der Waals surface area contributed by atoms with E-state index < -0.39 is 0 Å². The molecule has 0 nitrogen and oxygen atoms in total. The fourth-order valence-corrected chi connectivity index (χ4v) is 0.769. The van der Waals surface area contributed by atoms with Gasteiger partial charge in [-0.05, 0) is 18.4 Å². The van der Waals surface area contributed by atoms with E-state index in [1.165, 1.54) is 5.57 Å². The van der Waals surface area contributed by atoms with Crippen molar-refractivity contribution in [3.05, 3.63) is 36.5 Å². The Morgan fingerprint density at radius 1 is 1.40 bits per heavy atom. The van der Waals surface area contributed by atoms with Gasteiger partial charge in [-0.25, -0.2) is 0 Å². The van der Waals surface area contributed by atoms with Gasteiger partial charge < -0.3 is 0 Å². The van der Waals surface area contributed by atoms with E-state index in [1.807, 2.05) is 19.1 Å². The number of hydrogen-bond acceptors (Lipinski definition) is 0. The van der Waals surface area contributed by atoms with Crippen molar-refractivity contribution in [1.29, 1.82) is 0 Å². The Morgan fingerprint density at radius 2 is 2.00 bits per heavy atom. The van der Waals surface area contributed by atoms with Gasteiger partial charge in [0.1, 0.15) is 0 Å². The maximum atomic E-state index is 3.65. The highest BCUT2D eigenvalue weighted by atomic mass is 14.0. The molecule has 10 heavy (non-hydrogen) atoms. The van der Waals surface area contributed by atoms with Crippen LogP contribution in [0, 0.1) is 5.92 Å². The maximum Gasteiger partial charge on any atom is -0.0219 e. The van der Waals surface area contributed by atoms with Gasteiger partial charge in [0.05, 0.1) is 0 Å². The molecule has 56 valence electrons. The SMILES string of the molecule is C=C/C=C(\C=CC)C(C)C. The Hall–Kier alpha value is -0.780. The molecule has 0 radical (unpaired) electrons. The maximum absolute atomic E-state index is 3.65. The van der Waals surface area contributed by atoms with Gasteiger partial charge in [0.15, 0.2) is 0 Å². The minimum absolute atomic E-state index is 0.592. The van der Waals surface area contributed by atoms with Crippen molar-refractivity contribution in [3.8, 4) is 0 Å². The van der Waals surface area contributed by atoms with Gasteiger partial charge in [0.25, 0.3) is 0 Å². The van der Waals surface area contributed by atoms with Gasteiger partial charge in [-0.3, -0.25) is 0 Å². The largest absolute Gasteiger partial charge is 0.0991 e. The van der Waals surface area contributed by atoms with Gasteiger partial charge in [-0.1, -0.05) is 44.7 Å². The Morgan fingerprint density at radius 3 is 2.30 bits per heavy atom. The number of allylic oxidation sites excluding steroid dienone is 5. The molecule has 0 unspecified atom stereocenters. The molecule has 0 saturated heterocycles. The quantitative estimate of drug-likeness (QED) is 0.522. The van der Waals surface area contributed by atoms with Crippen molar-refractivity contribution in [3.63, 3.8) is 0 Å². The molecule has 0 heteroatoms. The molecule has 0 fully saturated rings. The molecule has 0 N–H and O–H groups in total. The van der Waals surface area contributed by atoms with Crippen molar-refractivity contribution in [2.75, 3.05) is 0 Å². The van der Waals surface area contributed by atoms with Crippen LogP contribution in [0.15, 0.2) is 36.5 Å². The molecule has 0 rings (SSSR count). The van der Waals surface area contributed by atoms with E-state index in [-0.39, 0.29) is 0 Å². The smallest absolute Gasteiger partial charge is 0.0219 e. The molecule has 0 saturated carbocycles. The zero-order valence-electron chi connectivity index (χ0n) is 7.09. The molecule has 0 aromatic heterocycles. The second kappa shape index (κ2) is 5.04. The summed E-state index contributed by atoms with van der Waals surface area (Å²) in [6, 6.07) is 0. The van der Waals surface area contributed by atoms with Gasteiger partial charge in [0.2, 0.25) is 0 Å². The zero-order valence-corrected chi connectivity index (χ0v) is 7.09. The molecule has 0 aromatic carbocycles. The zero-order chi connectivity index (χ0) is 7.98. The first-order valence-corrected chi connectivity index (χ1v) is 3.67. The lowest BCUT2D eigenvalue weighted by Crippen LogP contribution is -1.88. The van der Waals surface area contributed by atoms with Gasteiger partial charge >= 0.3 is 0 Å². The third-order valence-electron chi connectivity index (χ3n) is 1.34. The fourth-order valence-electron chi connectivity index (χ4n) is 0.769. The summed E-state index contributed by atoms with van der Waals surface area (Å²) in [7, 11) is 0. The first-order valence-electron chi connectivity index (χ1n) is 3.67. The first-order chi connectivity index (χ1) is 4.72. The van der Waals surface area contributed by atoms with E-state index in [9.17, 15) is 0 Å². The lowest BCUT2D eigenvalue weighted by Gasteiger charge is -2.03. The highest BCUT2D eigenvalue weighted by Gasteiger charge is 1.94. The lowest BCUT2D eigenvalue weighted by molar-refractivity contribution is 0.791. The molecule has 0 amide bonds. The Kier molecular flexibility index (Phi) is 4.65. The summed E-state index contributed by atoms with van der Waals surface area (Å²) in [5.41, 5.74) is 1.33. The van der Waals surface area contributed by atoms with E-state index in [4.69, 9.17) is 0 Å². The predicted octanol–water partition coefficient (Wildman–Crippen LogP) is 3.33. The van der Waals surface area contributed by atoms with Gasteiger partial charge in [0, 0.05) is 0 Å². The van der Waals surface area contributed by atoms with Gasteiger partial charge in [-0.2, -0.15) is 0 Å². The summed E-state index contributed by atoms with van der Waals surface area (Å²) in [6.45, 7) is 10.0. The molecular formula is C10H16. The molecule has 0 aliphatic carbocycles. The Labute approximate surface area is 64.0 Å². The molecule has 0 aliphatic heterocycles. The summed E-state index contributed by atoms with van der Waals surface area (Å²) in [4.78, 5) is 0. The van der Waals surface area contributed by atoms with Crippen LogP contribution in [0.25, 0.3) is 0 Å². The van der Waals surface area contributed by atoms with E-state index in [1.54, 1.807) is 0 Å². The van der Waals surface area contributed by atoms with Crippen LogP contribution in [0.3, 0.4) is 0 Å². The molecule has 0 atom stereocenters. The molecule has 0 spiro atoms. The van der Waals surface area contributed by atoms with Crippen molar-refractivity contribution in [2.45, 2.75) is 20.8 Å². The topological polar surface area (TPSA) is 0 Å². The fraction of sp³-hybridized carbons (Fsp3) is 0.400. The van der Waals surface area contributed by atoms with E-state index >= 15 is 0 Å². The van der Waals surface area contributed by atoms with Gasteiger partial charge in [-0.15, -0.1) is 0 Å². The normalized spacial score (nSPS) is 13.0. The monoisotopic (exact) mass is 136 g/mol. The van der Waals surface area contributed by atoms with Crippen LogP contribution in [-0.4, -0.2) is 0 Å². The van der Waals surface area contributed by atoms with Crippen molar-refractivity contribution < 1.29 is 0 Å². The summed E-state index contributed by atoms with van der Waals surface area (Å²) in [5, 5.41) is 0. The highest BCUT2D eigenvalue weighted by molar-refractivity contribution is 5.24. The minimum atomic E-state index is 0.592. The number of rotatable bonds is 3. The highest BCUT2D eigenvalue weighted by Crippen LogP contribution is 2.10. The Bertz CT molecular complexity index is 147. The molecule has 0 bridgehead atoms. The summed E-state index contributed by atoms with van der Waals surface area (Å²) in [6.07, 6.45) is 8.04. The van der Waals surface area contributed by atoms with Crippen LogP contribution < -0.4 is 0 Å². The average molecular weight is 136 g/mol. The van der Waals surface area contributed by atoms with Crippen LogP contribution in [0.1, 0.15) is 20.8 Å². The summed E-state index contributed by atoms with van der Waals surface area (Å²) >= 11 is 0. The second-order valence-electron chi connectivity index (χ2n) is 2.56.